The first kappa shape index (κ1) is 16.2. The molecule has 19 heavy (non-hydrogen) atoms. The molecular formula is C15H29N3O. The number of rotatable bonds is 9. The van der Waals surface area contributed by atoms with Gasteiger partial charge in [-0.25, -0.2) is 0 Å². The Balaban J connectivity index is 2.47. The Morgan fingerprint density at radius 1 is 1.32 bits per heavy atom. The van der Waals surface area contributed by atoms with Crippen molar-refractivity contribution in [1.29, 1.82) is 0 Å². The Labute approximate surface area is 117 Å². The van der Waals surface area contributed by atoms with Crippen molar-refractivity contribution in [2.24, 2.45) is 11.8 Å². The second-order valence-corrected chi connectivity index (χ2v) is 5.79. The van der Waals surface area contributed by atoms with E-state index in [1.807, 2.05) is 4.68 Å². The van der Waals surface area contributed by atoms with Crippen molar-refractivity contribution in [3.8, 4) is 0 Å². The summed E-state index contributed by atoms with van der Waals surface area (Å²) in [6, 6.07) is 2.58. The number of aromatic nitrogens is 2. The molecule has 0 aliphatic rings. The molecule has 1 atom stereocenters. The minimum absolute atomic E-state index is 0.436. The molecule has 1 N–H and O–H groups in total. The van der Waals surface area contributed by atoms with E-state index in [4.69, 9.17) is 4.74 Å². The largest absolute Gasteiger partial charge is 0.383 e. The highest BCUT2D eigenvalue weighted by molar-refractivity contribution is 5.01. The summed E-state index contributed by atoms with van der Waals surface area (Å²) in [5.41, 5.74) is 1.20. The van der Waals surface area contributed by atoms with Crippen LogP contribution in [-0.4, -0.2) is 36.6 Å². The molecular weight excluding hydrogens is 238 g/mol. The highest BCUT2D eigenvalue weighted by Crippen LogP contribution is 2.16. The molecule has 110 valence electrons. The number of ether oxygens (including phenoxy) is 1. The fourth-order valence-electron chi connectivity index (χ4n) is 2.05. The van der Waals surface area contributed by atoms with Crippen LogP contribution < -0.4 is 5.32 Å². The van der Waals surface area contributed by atoms with Crippen LogP contribution in [0.5, 0.6) is 0 Å². The zero-order chi connectivity index (χ0) is 14.3. The SMILES string of the molecule is COCCNCC(Cc1ccn(C(C)C)n1)C(C)C. The number of nitrogens with zero attached hydrogens (tertiary/aromatic N) is 2. The van der Waals surface area contributed by atoms with E-state index in [9.17, 15) is 0 Å². The summed E-state index contributed by atoms with van der Waals surface area (Å²) in [6.07, 6.45) is 3.12. The van der Waals surface area contributed by atoms with E-state index in [0.717, 1.165) is 26.1 Å². The highest BCUT2D eigenvalue weighted by Gasteiger charge is 2.15. The van der Waals surface area contributed by atoms with Gasteiger partial charge in [-0.1, -0.05) is 13.8 Å². The number of hydrogen-bond acceptors (Lipinski definition) is 3. The van der Waals surface area contributed by atoms with E-state index in [0.29, 0.717) is 17.9 Å². The highest BCUT2D eigenvalue weighted by atomic mass is 16.5. The average molecular weight is 267 g/mol. The summed E-state index contributed by atoms with van der Waals surface area (Å²) in [7, 11) is 1.74. The minimum atomic E-state index is 0.436. The molecule has 0 saturated carbocycles. The van der Waals surface area contributed by atoms with Crippen LogP contribution in [0, 0.1) is 11.8 Å². The molecule has 0 saturated heterocycles. The summed E-state index contributed by atoms with van der Waals surface area (Å²) in [5, 5.41) is 8.10. The van der Waals surface area contributed by atoms with Crippen LogP contribution in [0.15, 0.2) is 12.3 Å². The van der Waals surface area contributed by atoms with Crippen LogP contribution >= 0.6 is 0 Å². The van der Waals surface area contributed by atoms with Crippen molar-refractivity contribution in [3.05, 3.63) is 18.0 Å². The van der Waals surface area contributed by atoms with Gasteiger partial charge >= 0.3 is 0 Å². The van der Waals surface area contributed by atoms with Crippen molar-refractivity contribution >= 4 is 0 Å². The van der Waals surface area contributed by atoms with Crippen LogP contribution in [0.25, 0.3) is 0 Å². The lowest BCUT2D eigenvalue weighted by Gasteiger charge is -2.20. The zero-order valence-corrected chi connectivity index (χ0v) is 13.0. The van der Waals surface area contributed by atoms with Gasteiger partial charge in [-0.15, -0.1) is 0 Å². The van der Waals surface area contributed by atoms with Gasteiger partial charge in [-0.05, 0) is 44.7 Å². The average Bonchev–Trinajstić information content (AvgIpc) is 2.81. The summed E-state index contributed by atoms with van der Waals surface area (Å²) < 4.78 is 7.09. The Morgan fingerprint density at radius 3 is 2.58 bits per heavy atom. The van der Waals surface area contributed by atoms with E-state index in [1.54, 1.807) is 7.11 Å². The first-order valence-electron chi connectivity index (χ1n) is 7.28. The topological polar surface area (TPSA) is 39.1 Å². The van der Waals surface area contributed by atoms with Gasteiger partial charge in [-0.2, -0.15) is 5.10 Å². The third kappa shape index (κ3) is 5.74. The predicted octanol–water partition coefficient (Wildman–Crippen LogP) is 2.51. The second kappa shape index (κ2) is 8.33. The molecule has 1 aromatic rings. The van der Waals surface area contributed by atoms with Gasteiger partial charge < -0.3 is 10.1 Å². The Bertz CT molecular complexity index is 347. The third-order valence-electron chi connectivity index (χ3n) is 3.50. The molecule has 1 rings (SSSR count). The van der Waals surface area contributed by atoms with Gasteiger partial charge in [0.05, 0.1) is 12.3 Å². The van der Waals surface area contributed by atoms with Crippen molar-refractivity contribution in [1.82, 2.24) is 15.1 Å². The van der Waals surface area contributed by atoms with E-state index in [2.05, 4.69) is 50.4 Å². The van der Waals surface area contributed by atoms with Gasteiger partial charge in [0.2, 0.25) is 0 Å². The molecule has 0 radical (unpaired) electrons. The molecule has 0 aromatic carbocycles. The lowest BCUT2D eigenvalue weighted by atomic mass is 9.91. The number of nitrogens with one attached hydrogen (secondary N) is 1. The third-order valence-corrected chi connectivity index (χ3v) is 3.50. The summed E-state index contributed by atoms with van der Waals surface area (Å²) in [6.45, 7) is 11.6. The van der Waals surface area contributed by atoms with Gasteiger partial charge in [0.1, 0.15) is 0 Å². The van der Waals surface area contributed by atoms with Crippen LogP contribution in [0.3, 0.4) is 0 Å². The van der Waals surface area contributed by atoms with Gasteiger partial charge in [0.25, 0.3) is 0 Å². The summed E-state index contributed by atoms with van der Waals surface area (Å²) in [5.74, 6) is 1.27. The molecule has 4 nitrogen and oxygen atoms in total. The Morgan fingerprint density at radius 2 is 2.05 bits per heavy atom. The van der Waals surface area contributed by atoms with Crippen LogP contribution in [0.1, 0.15) is 39.4 Å². The van der Waals surface area contributed by atoms with Crippen molar-refractivity contribution in [2.45, 2.75) is 40.2 Å². The number of hydrogen-bond donors (Lipinski definition) is 1. The Hall–Kier alpha value is -0.870. The monoisotopic (exact) mass is 267 g/mol. The quantitative estimate of drug-likeness (QED) is 0.699. The van der Waals surface area contributed by atoms with Gasteiger partial charge in [0, 0.05) is 25.9 Å². The van der Waals surface area contributed by atoms with Crippen LogP contribution in [-0.2, 0) is 11.2 Å². The van der Waals surface area contributed by atoms with Gasteiger partial charge in [0.15, 0.2) is 0 Å². The smallest absolute Gasteiger partial charge is 0.0628 e. The normalized spacial score (nSPS) is 13.4. The lowest BCUT2D eigenvalue weighted by Crippen LogP contribution is -2.30. The molecule has 0 fully saturated rings. The van der Waals surface area contributed by atoms with Crippen molar-refractivity contribution in [3.63, 3.8) is 0 Å². The molecule has 4 heteroatoms. The van der Waals surface area contributed by atoms with E-state index in [-0.39, 0.29) is 0 Å². The van der Waals surface area contributed by atoms with Crippen molar-refractivity contribution < 1.29 is 4.74 Å². The maximum Gasteiger partial charge on any atom is 0.0628 e. The lowest BCUT2D eigenvalue weighted by molar-refractivity contribution is 0.196. The Kier molecular flexibility index (Phi) is 7.10. The summed E-state index contributed by atoms with van der Waals surface area (Å²) >= 11 is 0. The first-order chi connectivity index (χ1) is 9.04. The maximum absolute atomic E-state index is 5.05. The molecule has 1 heterocycles. The fourth-order valence-corrected chi connectivity index (χ4v) is 2.05. The molecule has 1 unspecified atom stereocenters. The molecule has 0 spiro atoms. The summed E-state index contributed by atoms with van der Waals surface area (Å²) in [4.78, 5) is 0. The molecule has 1 aromatic heterocycles. The standard InChI is InChI=1S/C15H29N3O/c1-12(2)14(11-16-7-9-19-5)10-15-6-8-18(17-15)13(3)4/h6,8,12-14,16H,7,9-11H2,1-5H3. The van der Waals surface area contributed by atoms with E-state index < -0.39 is 0 Å². The predicted molar refractivity (Wildman–Crippen MR) is 79.4 cm³/mol. The number of methoxy groups -OCH3 is 1. The fraction of sp³-hybridized carbons (Fsp3) is 0.800. The molecule has 0 aliphatic carbocycles. The van der Waals surface area contributed by atoms with Crippen molar-refractivity contribution in [2.75, 3.05) is 26.8 Å². The van der Waals surface area contributed by atoms with E-state index in [1.165, 1.54) is 5.69 Å². The molecule has 0 aliphatic heterocycles. The molecule has 0 amide bonds. The van der Waals surface area contributed by atoms with Gasteiger partial charge in [-0.3, -0.25) is 4.68 Å². The zero-order valence-electron chi connectivity index (χ0n) is 13.0. The van der Waals surface area contributed by atoms with Crippen LogP contribution in [0.2, 0.25) is 0 Å². The second-order valence-electron chi connectivity index (χ2n) is 5.79. The molecule has 0 bridgehead atoms. The first-order valence-corrected chi connectivity index (χ1v) is 7.28. The minimum Gasteiger partial charge on any atom is -0.383 e. The van der Waals surface area contributed by atoms with E-state index >= 15 is 0 Å². The van der Waals surface area contributed by atoms with Crippen LogP contribution in [0.4, 0.5) is 0 Å². The maximum atomic E-state index is 5.05.